The Morgan fingerprint density at radius 1 is 1.60 bits per heavy atom. The first-order valence-electron chi connectivity index (χ1n) is 4.90. The van der Waals surface area contributed by atoms with Crippen LogP contribution in [0.3, 0.4) is 0 Å². The lowest BCUT2D eigenvalue weighted by molar-refractivity contribution is 0.259. The zero-order valence-corrected chi connectivity index (χ0v) is 9.32. The average molecular weight is 207 g/mol. The molecule has 0 aliphatic carbocycles. The van der Waals surface area contributed by atoms with Crippen LogP contribution in [-0.4, -0.2) is 11.1 Å². The SMILES string of the molecule is C/C=C\C(C)Oc1cc(C)c(NN)cn1. The van der Waals surface area contributed by atoms with E-state index in [1.165, 1.54) is 0 Å². The topological polar surface area (TPSA) is 60.2 Å². The molecule has 1 unspecified atom stereocenters. The van der Waals surface area contributed by atoms with E-state index in [-0.39, 0.29) is 6.10 Å². The highest BCUT2D eigenvalue weighted by Gasteiger charge is 2.03. The third-order valence-corrected chi connectivity index (χ3v) is 2.01. The van der Waals surface area contributed by atoms with Crippen molar-refractivity contribution in [3.05, 3.63) is 30.0 Å². The summed E-state index contributed by atoms with van der Waals surface area (Å²) in [4.78, 5) is 4.13. The summed E-state index contributed by atoms with van der Waals surface area (Å²) >= 11 is 0. The number of anilines is 1. The second kappa shape index (κ2) is 5.36. The number of nitrogens with two attached hydrogens (primary N) is 1. The third-order valence-electron chi connectivity index (χ3n) is 2.01. The van der Waals surface area contributed by atoms with Gasteiger partial charge >= 0.3 is 0 Å². The molecule has 1 aromatic rings. The van der Waals surface area contributed by atoms with E-state index in [1.54, 1.807) is 6.20 Å². The molecular formula is C11H17N3O. The van der Waals surface area contributed by atoms with Crippen LogP contribution in [-0.2, 0) is 0 Å². The summed E-state index contributed by atoms with van der Waals surface area (Å²) < 4.78 is 5.57. The van der Waals surface area contributed by atoms with Gasteiger partial charge in [-0.3, -0.25) is 5.84 Å². The van der Waals surface area contributed by atoms with Gasteiger partial charge in [0.1, 0.15) is 6.10 Å². The smallest absolute Gasteiger partial charge is 0.214 e. The molecular weight excluding hydrogens is 190 g/mol. The Bertz CT molecular complexity index is 350. The van der Waals surface area contributed by atoms with Crippen LogP contribution in [0.5, 0.6) is 5.88 Å². The maximum absolute atomic E-state index is 5.57. The minimum Gasteiger partial charge on any atom is -0.470 e. The van der Waals surface area contributed by atoms with Crippen LogP contribution in [0.2, 0.25) is 0 Å². The zero-order chi connectivity index (χ0) is 11.3. The summed E-state index contributed by atoms with van der Waals surface area (Å²) in [7, 11) is 0. The Labute approximate surface area is 90.1 Å². The molecule has 15 heavy (non-hydrogen) atoms. The van der Waals surface area contributed by atoms with Crippen LogP contribution in [0.15, 0.2) is 24.4 Å². The first-order valence-corrected chi connectivity index (χ1v) is 4.90. The highest BCUT2D eigenvalue weighted by molar-refractivity contribution is 5.48. The van der Waals surface area contributed by atoms with Gasteiger partial charge in [-0.2, -0.15) is 0 Å². The first kappa shape index (κ1) is 11.5. The van der Waals surface area contributed by atoms with Gasteiger partial charge in [0.05, 0.1) is 11.9 Å². The van der Waals surface area contributed by atoms with E-state index in [1.807, 2.05) is 39.0 Å². The second-order valence-corrected chi connectivity index (χ2v) is 3.33. The Morgan fingerprint density at radius 3 is 2.87 bits per heavy atom. The standard InChI is InChI=1S/C11H17N3O/c1-4-5-9(3)15-11-6-8(2)10(14-12)7-13-11/h4-7,9,14H,12H2,1-3H3/b5-4-. The van der Waals surface area contributed by atoms with E-state index in [4.69, 9.17) is 10.6 Å². The summed E-state index contributed by atoms with van der Waals surface area (Å²) in [5.41, 5.74) is 4.38. The lowest BCUT2D eigenvalue weighted by Gasteiger charge is -2.11. The fourth-order valence-corrected chi connectivity index (χ4v) is 1.25. The summed E-state index contributed by atoms with van der Waals surface area (Å²) in [5.74, 6) is 5.92. The highest BCUT2D eigenvalue weighted by atomic mass is 16.5. The normalized spacial score (nSPS) is 12.8. The zero-order valence-electron chi connectivity index (χ0n) is 9.32. The van der Waals surface area contributed by atoms with E-state index in [2.05, 4.69) is 10.4 Å². The molecule has 1 atom stereocenters. The molecule has 0 saturated carbocycles. The molecule has 4 heteroatoms. The molecule has 1 rings (SSSR count). The van der Waals surface area contributed by atoms with Crippen molar-refractivity contribution in [1.82, 2.24) is 4.98 Å². The van der Waals surface area contributed by atoms with E-state index in [0.717, 1.165) is 11.3 Å². The lowest BCUT2D eigenvalue weighted by atomic mass is 10.2. The molecule has 82 valence electrons. The van der Waals surface area contributed by atoms with Crippen molar-refractivity contribution >= 4 is 5.69 Å². The van der Waals surface area contributed by atoms with Crippen molar-refractivity contribution in [2.45, 2.75) is 26.9 Å². The van der Waals surface area contributed by atoms with Crippen LogP contribution < -0.4 is 16.0 Å². The van der Waals surface area contributed by atoms with Gasteiger partial charge in [0.15, 0.2) is 0 Å². The molecule has 0 aromatic carbocycles. The number of aryl methyl sites for hydroxylation is 1. The fraction of sp³-hybridized carbons (Fsp3) is 0.364. The van der Waals surface area contributed by atoms with E-state index in [9.17, 15) is 0 Å². The van der Waals surface area contributed by atoms with Crippen LogP contribution in [0.25, 0.3) is 0 Å². The molecule has 0 radical (unpaired) electrons. The van der Waals surface area contributed by atoms with Crippen LogP contribution in [0.4, 0.5) is 5.69 Å². The first-order chi connectivity index (χ1) is 7.17. The van der Waals surface area contributed by atoms with Crippen molar-refractivity contribution in [3.8, 4) is 5.88 Å². The minimum atomic E-state index is 0.0265. The average Bonchev–Trinajstić information content (AvgIpc) is 2.18. The molecule has 3 N–H and O–H groups in total. The Balaban J connectivity index is 2.75. The Morgan fingerprint density at radius 2 is 2.33 bits per heavy atom. The number of aromatic nitrogens is 1. The van der Waals surface area contributed by atoms with E-state index in [0.29, 0.717) is 5.88 Å². The summed E-state index contributed by atoms with van der Waals surface area (Å²) in [5, 5.41) is 0. The highest BCUT2D eigenvalue weighted by Crippen LogP contribution is 2.18. The number of nitrogen functional groups attached to an aromatic ring is 1. The Kier molecular flexibility index (Phi) is 4.12. The number of nitrogens with zero attached hydrogens (tertiary/aromatic N) is 1. The molecule has 0 aliphatic rings. The van der Waals surface area contributed by atoms with E-state index < -0.39 is 0 Å². The van der Waals surface area contributed by atoms with Crippen LogP contribution in [0, 0.1) is 6.92 Å². The molecule has 0 spiro atoms. The predicted octanol–water partition coefficient (Wildman–Crippen LogP) is 2.02. The van der Waals surface area contributed by atoms with Gasteiger partial charge < -0.3 is 10.2 Å². The quantitative estimate of drug-likeness (QED) is 0.450. The number of allylic oxidation sites excluding steroid dienone is 1. The van der Waals surface area contributed by atoms with E-state index >= 15 is 0 Å². The van der Waals surface area contributed by atoms with Crippen molar-refractivity contribution < 1.29 is 4.74 Å². The maximum Gasteiger partial charge on any atom is 0.214 e. The number of hydrogen-bond donors (Lipinski definition) is 2. The monoisotopic (exact) mass is 207 g/mol. The van der Waals surface area contributed by atoms with Gasteiger partial charge in [0.25, 0.3) is 0 Å². The molecule has 0 saturated heterocycles. The summed E-state index contributed by atoms with van der Waals surface area (Å²) in [6, 6.07) is 1.86. The Hall–Kier alpha value is -1.55. The summed E-state index contributed by atoms with van der Waals surface area (Å²) in [6.07, 6.45) is 5.60. The lowest BCUT2D eigenvalue weighted by Crippen LogP contribution is -2.11. The number of pyridine rings is 1. The minimum absolute atomic E-state index is 0.0265. The molecule has 4 nitrogen and oxygen atoms in total. The van der Waals surface area contributed by atoms with Crippen molar-refractivity contribution in [1.29, 1.82) is 0 Å². The van der Waals surface area contributed by atoms with Gasteiger partial charge in [0, 0.05) is 6.07 Å². The maximum atomic E-state index is 5.57. The van der Waals surface area contributed by atoms with Gasteiger partial charge in [-0.25, -0.2) is 4.98 Å². The summed E-state index contributed by atoms with van der Waals surface area (Å²) in [6.45, 7) is 5.87. The molecule has 0 bridgehead atoms. The van der Waals surface area contributed by atoms with Gasteiger partial charge in [-0.1, -0.05) is 6.08 Å². The van der Waals surface area contributed by atoms with Gasteiger partial charge in [-0.15, -0.1) is 0 Å². The third kappa shape index (κ3) is 3.25. The van der Waals surface area contributed by atoms with Gasteiger partial charge in [-0.05, 0) is 32.4 Å². The number of hydrazine groups is 1. The van der Waals surface area contributed by atoms with Crippen molar-refractivity contribution in [3.63, 3.8) is 0 Å². The van der Waals surface area contributed by atoms with Crippen molar-refractivity contribution in [2.24, 2.45) is 5.84 Å². The molecule has 0 fully saturated rings. The fourth-order valence-electron chi connectivity index (χ4n) is 1.25. The largest absolute Gasteiger partial charge is 0.470 e. The molecule has 0 aliphatic heterocycles. The number of ether oxygens (including phenoxy) is 1. The van der Waals surface area contributed by atoms with Crippen LogP contribution >= 0.6 is 0 Å². The number of hydrogen-bond acceptors (Lipinski definition) is 4. The number of nitrogens with one attached hydrogen (secondary N) is 1. The predicted molar refractivity (Wildman–Crippen MR) is 61.7 cm³/mol. The number of rotatable bonds is 4. The molecule has 1 aromatic heterocycles. The molecule has 0 amide bonds. The van der Waals surface area contributed by atoms with Gasteiger partial charge in [0.2, 0.25) is 5.88 Å². The second-order valence-electron chi connectivity index (χ2n) is 3.33. The molecule has 1 heterocycles. The van der Waals surface area contributed by atoms with Crippen LogP contribution in [0.1, 0.15) is 19.4 Å². The van der Waals surface area contributed by atoms with Crippen molar-refractivity contribution in [2.75, 3.05) is 5.43 Å².